The molecule has 0 bridgehead atoms. The van der Waals surface area contributed by atoms with E-state index in [4.69, 9.17) is 4.74 Å². The van der Waals surface area contributed by atoms with Gasteiger partial charge in [0.15, 0.2) is 0 Å². The molecular weight excluding hydrogens is 370 g/mol. The molecule has 10 nitrogen and oxygen atoms in total. The molecule has 1 heterocycles. The molecule has 156 valence electrons. The van der Waals surface area contributed by atoms with Gasteiger partial charge in [0.1, 0.15) is 24.4 Å². The standard InChI is InChI=1S/C15H31NO9S/c17-5-9(20)7(12(21)8(19)4-16-1-2-26)3-10-13(22)15(24)14(23)11(6-18)25-10/h7-24,26H,1-6H2/t7-,8+,9-,10?,11?,12-,13?,14?,15?/m1/s1. The van der Waals surface area contributed by atoms with Crippen LogP contribution in [0.3, 0.4) is 0 Å². The molecule has 1 rings (SSSR count). The molecule has 1 aliphatic rings. The number of aliphatic hydroxyl groups is 8. The summed E-state index contributed by atoms with van der Waals surface area (Å²) in [6.45, 7) is -0.790. The zero-order chi connectivity index (χ0) is 19.9. The van der Waals surface area contributed by atoms with Crippen LogP contribution in [0.4, 0.5) is 0 Å². The fourth-order valence-corrected chi connectivity index (χ4v) is 3.19. The SMILES string of the molecule is OCC1OC(C[C@@H]([C@@H](O)[C@@H](O)CNCCS)[C@H](O)CO)C(O)C(O)C1O. The van der Waals surface area contributed by atoms with Gasteiger partial charge in [-0.2, -0.15) is 12.6 Å². The Morgan fingerprint density at radius 1 is 0.923 bits per heavy atom. The van der Waals surface area contributed by atoms with Gasteiger partial charge >= 0.3 is 0 Å². The summed E-state index contributed by atoms with van der Waals surface area (Å²) in [4.78, 5) is 0. The van der Waals surface area contributed by atoms with Gasteiger partial charge in [0.05, 0.1) is 37.6 Å². The van der Waals surface area contributed by atoms with Crippen LogP contribution in [0.1, 0.15) is 6.42 Å². The monoisotopic (exact) mass is 401 g/mol. The van der Waals surface area contributed by atoms with Crippen molar-refractivity contribution in [3.05, 3.63) is 0 Å². The third-order valence-electron chi connectivity index (χ3n) is 4.65. The molecule has 0 spiro atoms. The van der Waals surface area contributed by atoms with Gasteiger partial charge in [-0.25, -0.2) is 0 Å². The average Bonchev–Trinajstić information content (AvgIpc) is 2.64. The lowest BCUT2D eigenvalue weighted by atomic mass is 9.83. The topological polar surface area (TPSA) is 183 Å². The second-order valence-electron chi connectivity index (χ2n) is 6.50. The molecule has 1 saturated heterocycles. The molecule has 9 N–H and O–H groups in total. The van der Waals surface area contributed by atoms with E-state index in [1.165, 1.54) is 0 Å². The van der Waals surface area contributed by atoms with E-state index in [-0.39, 0.29) is 13.0 Å². The van der Waals surface area contributed by atoms with Crippen LogP contribution < -0.4 is 5.32 Å². The van der Waals surface area contributed by atoms with Gasteiger partial charge in [-0.15, -0.1) is 0 Å². The minimum atomic E-state index is -1.59. The molecular formula is C15H31NO9S. The highest BCUT2D eigenvalue weighted by Gasteiger charge is 2.45. The van der Waals surface area contributed by atoms with Crippen LogP contribution in [-0.4, -0.2) is 122 Å². The Hall–Kier alpha value is -0.0500. The van der Waals surface area contributed by atoms with Crippen LogP contribution in [0.5, 0.6) is 0 Å². The predicted octanol–water partition coefficient (Wildman–Crippen LogP) is -4.57. The molecule has 26 heavy (non-hydrogen) atoms. The van der Waals surface area contributed by atoms with Crippen LogP contribution in [0.25, 0.3) is 0 Å². The number of rotatable bonds is 11. The van der Waals surface area contributed by atoms with Crippen molar-refractivity contribution < 1.29 is 45.6 Å². The van der Waals surface area contributed by atoms with Crippen LogP contribution in [0.15, 0.2) is 0 Å². The summed E-state index contributed by atoms with van der Waals surface area (Å²) in [6, 6.07) is 0. The fraction of sp³-hybridized carbons (Fsp3) is 1.00. The zero-order valence-electron chi connectivity index (χ0n) is 14.4. The molecule has 11 heteroatoms. The van der Waals surface area contributed by atoms with Crippen LogP contribution in [-0.2, 0) is 4.74 Å². The second-order valence-corrected chi connectivity index (χ2v) is 6.95. The Balaban J connectivity index is 2.82. The van der Waals surface area contributed by atoms with Gasteiger partial charge in [0.2, 0.25) is 0 Å². The van der Waals surface area contributed by atoms with E-state index >= 15 is 0 Å². The minimum Gasteiger partial charge on any atom is -0.394 e. The van der Waals surface area contributed by atoms with E-state index in [2.05, 4.69) is 17.9 Å². The molecule has 0 saturated carbocycles. The minimum absolute atomic E-state index is 0.0189. The van der Waals surface area contributed by atoms with Gasteiger partial charge in [-0.1, -0.05) is 0 Å². The first-order valence-corrected chi connectivity index (χ1v) is 9.18. The largest absolute Gasteiger partial charge is 0.394 e. The number of hydrogen-bond donors (Lipinski definition) is 10. The number of nitrogens with one attached hydrogen (secondary N) is 1. The highest BCUT2D eigenvalue weighted by molar-refractivity contribution is 7.80. The van der Waals surface area contributed by atoms with Gasteiger partial charge in [0.25, 0.3) is 0 Å². The summed E-state index contributed by atoms with van der Waals surface area (Å²) in [5, 5.41) is 81.5. The predicted molar refractivity (Wildman–Crippen MR) is 93.7 cm³/mol. The third kappa shape index (κ3) is 6.24. The summed E-state index contributed by atoms with van der Waals surface area (Å²) in [5.41, 5.74) is 0. The van der Waals surface area contributed by atoms with Gasteiger partial charge < -0.3 is 50.9 Å². The molecule has 0 radical (unpaired) electrons. The summed E-state index contributed by atoms with van der Waals surface area (Å²) < 4.78 is 5.36. The highest BCUT2D eigenvalue weighted by atomic mass is 32.1. The van der Waals surface area contributed by atoms with E-state index < -0.39 is 68.0 Å². The Bertz CT molecular complexity index is 392. The molecule has 0 amide bonds. The van der Waals surface area contributed by atoms with E-state index in [0.29, 0.717) is 12.3 Å². The summed E-state index contributed by atoms with van der Waals surface area (Å²) in [6.07, 6.45) is -11.3. The lowest BCUT2D eigenvalue weighted by Gasteiger charge is -2.42. The van der Waals surface area contributed by atoms with Gasteiger partial charge in [-0.3, -0.25) is 0 Å². The molecule has 1 aliphatic heterocycles. The highest BCUT2D eigenvalue weighted by Crippen LogP contribution is 2.29. The summed E-state index contributed by atoms with van der Waals surface area (Å²) >= 11 is 4.01. The average molecular weight is 401 g/mol. The van der Waals surface area contributed by atoms with E-state index in [1.807, 2.05) is 0 Å². The summed E-state index contributed by atoms with van der Waals surface area (Å²) in [5.74, 6) is -0.564. The van der Waals surface area contributed by atoms with Crippen LogP contribution >= 0.6 is 12.6 Å². The van der Waals surface area contributed by atoms with Gasteiger partial charge in [-0.05, 0) is 6.42 Å². The molecule has 9 atom stereocenters. The Labute approximate surface area is 157 Å². The number of thiol groups is 1. The smallest absolute Gasteiger partial charge is 0.111 e. The van der Waals surface area contributed by atoms with Crippen LogP contribution in [0, 0.1) is 5.92 Å². The first-order chi connectivity index (χ1) is 12.3. The Morgan fingerprint density at radius 2 is 1.54 bits per heavy atom. The van der Waals surface area contributed by atoms with E-state index in [0.717, 1.165) is 0 Å². The molecule has 0 aliphatic carbocycles. The van der Waals surface area contributed by atoms with Crippen LogP contribution in [0.2, 0.25) is 0 Å². The lowest BCUT2D eigenvalue weighted by Crippen LogP contribution is -2.59. The lowest BCUT2D eigenvalue weighted by molar-refractivity contribution is -0.237. The van der Waals surface area contributed by atoms with Crippen molar-refractivity contribution in [1.82, 2.24) is 5.32 Å². The van der Waals surface area contributed by atoms with Crippen molar-refractivity contribution in [1.29, 1.82) is 0 Å². The molecule has 5 unspecified atom stereocenters. The molecule has 0 aromatic heterocycles. The third-order valence-corrected chi connectivity index (χ3v) is 4.88. The Kier molecular flexibility index (Phi) is 10.8. The van der Waals surface area contributed by atoms with Crippen molar-refractivity contribution in [2.24, 2.45) is 5.92 Å². The maximum atomic E-state index is 10.4. The first kappa shape index (κ1) is 24.0. The molecule has 0 aromatic carbocycles. The maximum Gasteiger partial charge on any atom is 0.111 e. The molecule has 0 aromatic rings. The van der Waals surface area contributed by atoms with Gasteiger partial charge in [0, 0.05) is 24.8 Å². The maximum absolute atomic E-state index is 10.4. The van der Waals surface area contributed by atoms with Crippen molar-refractivity contribution in [2.45, 2.75) is 55.3 Å². The quantitative estimate of drug-likeness (QED) is 0.119. The number of hydrogen-bond acceptors (Lipinski definition) is 11. The van der Waals surface area contributed by atoms with Crippen molar-refractivity contribution in [3.8, 4) is 0 Å². The zero-order valence-corrected chi connectivity index (χ0v) is 15.3. The fourth-order valence-electron chi connectivity index (χ4n) is 3.04. The second kappa shape index (κ2) is 11.7. The Morgan fingerprint density at radius 3 is 2.08 bits per heavy atom. The van der Waals surface area contributed by atoms with Crippen molar-refractivity contribution in [3.63, 3.8) is 0 Å². The van der Waals surface area contributed by atoms with E-state index in [1.54, 1.807) is 0 Å². The molecule has 1 fully saturated rings. The van der Waals surface area contributed by atoms with E-state index in [9.17, 15) is 40.9 Å². The van der Waals surface area contributed by atoms with Crippen molar-refractivity contribution >= 4 is 12.6 Å². The first-order valence-electron chi connectivity index (χ1n) is 8.55. The number of aliphatic hydroxyl groups excluding tert-OH is 8. The summed E-state index contributed by atoms with van der Waals surface area (Å²) in [7, 11) is 0. The normalized spacial score (nSPS) is 34.3. The van der Waals surface area contributed by atoms with Crippen molar-refractivity contribution in [2.75, 3.05) is 32.1 Å². The number of ether oxygens (including phenoxy) is 1.